The maximum atomic E-state index is 9.62. The second-order valence-corrected chi connectivity index (χ2v) is 3.38. The molecule has 0 aliphatic heterocycles. The van der Waals surface area contributed by atoms with Crippen LogP contribution in [-0.4, -0.2) is 32.0 Å². The normalized spacial score (nSPS) is 15.7. The summed E-state index contributed by atoms with van der Waals surface area (Å²) >= 11 is 3.98. The molecule has 1 rings (SSSR count). The van der Waals surface area contributed by atoms with E-state index < -0.39 is 12.2 Å². The largest absolute Gasteiger partial charge is 0.390 e. The lowest BCUT2D eigenvalue weighted by molar-refractivity contribution is 0.0145. The lowest BCUT2D eigenvalue weighted by atomic mass is 10.1. The summed E-state index contributed by atoms with van der Waals surface area (Å²) in [4.78, 5) is 6.77. The van der Waals surface area contributed by atoms with Gasteiger partial charge in [-0.1, -0.05) is 0 Å². The van der Waals surface area contributed by atoms with Gasteiger partial charge in [0.05, 0.1) is 18.1 Å². The number of aliphatic hydroxyl groups excluding tert-OH is 2. The van der Waals surface area contributed by atoms with Crippen molar-refractivity contribution in [3.63, 3.8) is 0 Å². The molecule has 1 aromatic rings. The summed E-state index contributed by atoms with van der Waals surface area (Å²) in [5.74, 6) is 0.543. The van der Waals surface area contributed by atoms with Crippen LogP contribution >= 0.6 is 12.6 Å². The van der Waals surface area contributed by atoms with Crippen LogP contribution in [0.3, 0.4) is 0 Å². The predicted octanol–water partition coefficient (Wildman–Crippen LogP) is 0.432. The summed E-state index contributed by atoms with van der Waals surface area (Å²) < 4.78 is 0. The lowest BCUT2D eigenvalue weighted by Crippen LogP contribution is -2.19. The molecule has 3 N–H and O–H groups in total. The molecule has 0 radical (unpaired) electrons. The summed E-state index contributed by atoms with van der Waals surface area (Å²) in [5, 5.41) is 19.1. The molecule has 1 heterocycles. The molecule has 0 saturated carbocycles. The number of hydrogen-bond acceptors (Lipinski definition) is 4. The molecule has 0 saturated heterocycles. The van der Waals surface area contributed by atoms with Crippen molar-refractivity contribution in [2.75, 3.05) is 5.75 Å². The second-order valence-electron chi connectivity index (χ2n) is 2.94. The van der Waals surface area contributed by atoms with Crippen LogP contribution in [0.25, 0.3) is 0 Å². The molecule has 74 valence electrons. The summed E-state index contributed by atoms with van der Waals surface area (Å²) in [7, 11) is 0. The molecule has 0 aliphatic rings. The van der Waals surface area contributed by atoms with E-state index in [1.807, 2.05) is 0 Å². The number of H-pyrrole nitrogens is 1. The maximum absolute atomic E-state index is 9.62. The Morgan fingerprint density at radius 3 is 2.77 bits per heavy atom. The third-order valence-corrected chi connectivity index (χ3v) is 2.20. The third-order valence-electron chi connectivity index (χ3n) is 1.94. The van der Waals surface area contributed by atoms with Crippen molar-refractivity contribution in [2.24, 2.45) is 0 Å². The van der Waals surface area contributed by atoms with E-state index in [1.54, 1.807) is 6.92 Å². The molecule has 4 nitrogen and oxygen atoms in total. The van der Waals surface area contributed by atoms with Gasteiger partial charge in [-0.25, -0.2) is 4.98 Å². The smallest absolute Gasteiger partial charge is 0.124 e. The first-order valence-electron chi connectivity index (χ1n) is 4.13. The number of hydrogen-bond donors (Lipinski definition) is 4. The zero-order chi connectivity index (χ0) is 9.84. The Balaban J connectivity index is 2.67. The molecule has 0 fully saturated rings. The van der Waals surface area contributed by atoms with Gasteiger partial charge in [-0.3, -0.25) is 0 Å². The van der Waals surface area contributed by atoms with Crippen molar-refractivity contribution in [3.05, 3.63) is 17.7 Å². The van der Waals surface area contributed by atoms with E-state index in [-0.39, 0.29) is 0 Å². The zero-order valence-electron chi connectivity index (χ0n) is 7.44. The van der Waals surface area contributed by atoms with Crippen LogP contribution < -0.4 is 0 Å². The van der Waals surface area contributed by atoms with Crippen LogP contribution in [0.2, 0.25) is 0 Å². The average Bonchev–Trinajstić information content (AvgIpc) is 2.50. The van der Waals surface area contributed by atoms with Gasteiger partial charge in [0.1, 0.15) is 6.10 Å². The minimum Gasteiger partial charge on any atom is -0.390 e. The van der Waals surface area contributed by atoms with E-state index in [9.17, 15) is 10.2 Å². The number of aryl methyl sites for hydroxylation is 1. The minimum absolute atomic E-state index is 0.455. The van der Waals surface area contributed by atoms with Crippen LogP contribution in [0.4, 0.5) is 0 Å². The molecule has 2 atom stereocenters. The number of nitrogens with zero attached hydrogens (tertiary/aromatic N) is 1. The summed E-state index contributed by atoms with van der Waals surface area (Å²) in [6.45, 7) is 1.80. The lowest BCUT2D eigenvalue weighted by Gasteiger charge is -2.15. The Bertz CT molecular complexity index is 264. The maximum Gasteiger partial charge on any atom is 0.124 e. The quantitative estimate of drug-likeness (QED) is 0.535. The van der Waals surface area contributed by atoms with Crippen LogP contribution in [0.1, 0.15) is 23.9 Å². The number of aromatic amines is 1. The van der Waals surface area contributed by atoms with E-state index in [2.05, 4.69) is 22.6 Å². The van der Waals surface area contributed by atoms with Gasteiger partial charge in [0, 0.05) is 5.69 Å². The van der Waals surface area contributed by atoms with Gasteiger partial charge < -0.3 is 15.2 Å². The molecule has 0 spiro atoms. The standard InChI is InChI=1S/C8H14N2O2S/c1-5-7(10-4-9-5)8(12)6(11)2-3-13/h4,6,8,11-13H,2-3H2,1H3,(H,9,10). The van der Waals surface area contributed by atoms with Crippen molar-refractivity contribution in [1.29, 1.82) is 0 Å². The minimum atomic E-state index is -0.918. The van der Waals surface area contributed by atoms with E-state index in [1.165, 1.54) is 6.33 Å². The topological polar surface area (TPSA) is 69.1 Å². The van der Waals surface area contributed by atoms with Gasteiger partial charge in [-0.15, -0.1) is 0 Å². The average molecular weight is 202 g/mol. The molecule has 0 aliphatic carbocycles. The molecule has 0 bridgehead atoms. The molecule has 13 heavy (non-hydrogen) atoms. The molecule has 0 amide bonds. The molecule has 0 aromatic carbocycles. The fraction of sp³-hybridized carbons (Fsp3) is 0.625. The molecule has 2 unspecified atom stereocenters. The van der Waals surface area contributed by atoms with Crippen molar-refractivity contribution in [2.45, 2.75) is 25.6 Å². The van der Waals surface area contributed by atoms with Gasteiger partial charge in [0.25, 0.3) is 0 Å². The van der Waals surface area contributed by atoms with E-state index in [4.69, 9.17) is 0 Å². The van der Waals surface area contributed by atoms with Gasteiger partial charge in [0.2, 0.25) is 0 Å². The second kappa shape index (κ2) is 4.64. The Labute approximate surface area is 82.4 Å². The van der Waals surface area contributed by atoms with Gasteiger partial charge in [-0.05, 0) is 19.1 Å². The number of aromatic nitrogens is 2. The van der Waals surface area contributed by atoms with Crippen LogP contribution in [0, 0.1) is 6.92 Å². The first-order valence-corrected chi connectivity index (χ1v) is 4.77. The third kappa shape index (κ3) is 2.46. The number of rotatable bonds is 4. The zero-order valence-corrected chi connectivity index (χ0v) is 8.33. The highest BCUT2D eigenvalue weighted by molar-refractivity contribution is 7.80. The fourth-order valence-corrected chi connectivity index (χ4v) is 1.40. The molecular formula is C8H14N2O2S. The van der Waals surface area contributed by atoms with Crippen molar-refractivity contribution in [3.8, 4) is 0 Å². The first kappa shape index (κ1) is 10.6. The highest BCUT2D eigenvalue weighted by Gasteiger charge is 2.20. The highest BCUT2D eigenvalue weighted by atomic mass is 32.1. The molecular weight excluding hydrogens is 188 g/mol. The molecule has 5 heteroatoms. The SMILES string of the molecule is Cc1[nH]cnc1C(O)C(O)CCS. The van der Waals surface area contributed by atoms with Crippen LogP contribution in [0.15, 0.2) is 6.33 Å². The Morgan fingerprint density at radius 2 is 2.31 bits per heavy atom. The summed E-state index contributed by atoms with van der Waals surface area (Å²) in [6, 6.07) is 0. The van der Waals surface area contributed by atoms with Crippen molar-refractivity contribution >= 4 is 12.6 Å². The van der Waals surface area contributed by atoms with E-state index in [0.29, 0.717) is 17.9 Å². The van der Waals surface area contributed by atoms with Gasteiger partial charge in [-0.2, -0.15) is 12.6 Å². The van der Waals surface area contributed by atoms with Crippen molar-refractivity contribution < 1.29 is 10.2 Å². The number of aliphatic hydroxyl groups is 2. The van der Waals surface area contributed by atoms with E-state index in [0.717, 1.165) is 5.69 Å². The van der Waals surface area contributed by atoms with Crippen molar-refractivity contribution in [1.82, 2.24) is 9.97 Å². The fourth-order valence-electron chi connectivity index (χ4n) is 1.14. The number of nitrogens with one attached hydrogen (secondary N) is 1. The Kier molecular flexibility index (Phi) is 3.77. The number of thiol groups is 1. The highest BCUT2D eigenvalue weighted by Crippen LogP contribution is 2.19. The number of imidazole rings is 1. The van der Waals surface area contributed by atoms with Crippen LogP contribution in [-0.2, 0) is 0 Å². The Morgan fingerprint density at radius 1 is 1.62 bits per heavy atom. The van der Waals surface area contributed by atoms with E-state index >= 15 is 0 Å². The summed E-state index contributed by atoms with van der Waals surface area (Å²) in [6.07, 6.45) is 0.246. The van der Waals surface area contributed by atoms with Crippen LogP contribution in [0.5, 0.6) is 0 Å². The Hall–Kier alpha value is -0.520. The molecule has 1 aromatic heterocycles. The first-order chi connectivity index (χ1) is 6.16. The van der Waals surface area contributed by atoms with Gasteiger partial charge in [0.15, 0.2) is 0 Å². The predicted molar refractivity (Wildman–Crippen MR) is 52.8 cm³/mol. The summed E-state index contributed by atoms with van der Waals surface area (Å²) in [5.41, 5.74) is 1.29. The monoisotopic (exact) mass is 202 g/mol. The van der Waals surface area contributed by atoms with Gasteiger partial charge >= 0.3 is 0 Å².